The number of aliphatic hydroxyl groups is 3. The van der Waals surface area contributed by atoms with Crippen molar-refractivity contribution in [3.05, 3.63) is 11.6 Å². The number of rotatable bonds is 16. The van der Waals surface area contributed by atoms with Gasteiger partial charge in [0, 0.05) is 0 Å². The van der Waals surface area contributed by atoms with Crippen LogP contribution in [0.3, 0.4) is 0 Å². The quantitative estimate of drug-likeness (QED) is 0.131. The Kier molecular flexibility index (Phi) is 13.3. The van der Waals surface area contributed by atoms with Crippen LogP contribution in [0.2, 0.25) is 0 Å². The van der Waals surface area contributed by atoms with Gasteiger partial charge in [-0.15, -0.1) is 0 Å². The second-order valence-electron chi connectivity index (χ2n) is 16.8. The van der Waals surface area contributed by atoms with Crippen LogP contribution in [0.15, 0.2) is 11.6 Å². The van der Waals surface area contributed by atoms with E-state index in [2.05, 4.69) is 40.7 Å². The molecule has 3 saturated carbocycles. The summed E-state index contributed by atoms with van der Waals surface area (Å²) in [7, 11) is 0. The summed E-state index contributed by atoms with van der Waals surface area (Å²) in [4.78, 5) is 0. The molecule has 4 fully saturated rings. The van der Waals surface area contributed by atoms with Crippen LogP contribution in [0.4, 0.5) is 0 Å². The lowest BCUT2D eigenvalue weighted by Gasteiger charge is -2.58. The van der Waals surface area contributed by atoms with E-state index in [4.69, 9.17) is 23.7 Å². The van der Waals surface area contributed by atoms with E-state index in [0.29, 0.717) is 50.0 Å². The number of ether oxygens (including phenoxy) is 5. The maximum atomic E-state index is 10.0. The van der Waals surface area contributed by atoms with Crippen LogP contribution in [0.1, 0.15) is 112 Å². The predicted octanol–water partition coefficient (Wildman–Crippen LogP) is 6.29. The Morgan fingerprint density at radius 2 is 1.51 bits per heavy atom. The van der Waals surface area contributed by atoms with Crippen molar-refractivity contribution in [1.29, 1.82) is 0 Å². The molecule has 0 aromatic carbocycles. The molecule has 1 saturated heterocycles. The largest absolute Gasteiger partial charge is 0.388 e. The molecule has 8 nitrogen and oxygen atoms in total. The first-order valence-electron chi connectivity index (χ1n) is 19.2. The van der Waals surface area contributed by atoms with Gasteiger partial charge in [-0.3, -0.25) is 0 Å². The molecule has 0 radical (unpaired) electrons. The van der Waals surface area contributed by atoms with Crippen LogP contribution in [0.25, 0.3) is 0 Å². The number of hydrogen-bond donors (Lipinski definition) is 3. The van der Waals surface area contributed by atoms with Gasteiger partial charge in [0.15, 0.2) is 6.29 Å². The van der Waals surface area contributed by atoms with Gasteiger partial charge in [0.2, 0.25) is 0 Å². The van der Waals surface area contributed by atoms with Crippen LogP contribution in [-0.4, -0.2) is 91.8 Å². The van der Waals surface area contributed by atoms with Crippen molar-refractivity contribution in [2.45, 2.75) is 149 Å². The van der Waals surface area contributed by atoms with E-state index in [9.17, 15) is 15.3 Å². The molecule has 5 rings (SSSR count). The molecule has 3 N–H and O–H groups in total. The molecule has 13 atom stereocenters. The molecular formula is C39H68O8. The standard InChI is InChI=1S/C39H68O8/c1-25(2)8-7-9-26(3)31-12-13-32-30-11-10-28-24-29(14-16-38(28,5)33(30)15-17-39(31,32)6)45-22-20-43-18-19-44-21-23-46-37-36(42)35(41)34(40)27(4)47-37/h10,25-27,29-37,40-42H,7-9,11-24H2,1-6H3/t26-,27+,29+,30?,31-,32?,33?,34+,35-,36-,37?,38+,39-/m1/s1. The topological polar surface area (TPSA) is 107 Å². The van der Waals surface area contributed by atoms with Crippen molar-refractivity contribution < 1.29 is 39.0 Å². The fourth-order valence-corrected chi connectivity index (χ4v) is 10.8. The van der Waals surface area contributed by atoms with E-state index >= 15 is 0 Å². The molecular weight excluding hydrogens is 596 g/mol. The summed E-state index contributed by atoms with van der Waals surface area (Å²) in [5.74, 6) is 5.22. The number of aliphatic hydroxyl groups excluding tert-OH is 3. The Balaban J connectivity index is 0.974. The van der Waals surface area contributed by atoms with Crippen LogP contribution < -0.4 is 0 Å². The molecule has 4 unspecified atom stereocenters. The van der Waals surface area contributed by atoms with E-state index in [1.807, 2.05) is 0 Å². The summed E-state index contributed by atoms with van der Waals surface area (Å²) in [6.45, 7) is 16.8. The second kappa shape index (κ2) is 16.6. The fraction of sp³-hybridized carbons (Fsp3) is 0.949. The van der Waals surface area contributed by atoms with E-state index in [1.165, 1.54) is 57.8 Å². The third-order valence-corrected chi connectivity index (χ3v) is 13.5. The Labute approximate surface area is 285 Å². The number of allylic oxidation sites excluding steroid dienone is 1. The highest BCUT2D eigenvalue weighted by molar-refractivity contribution is 5.25. The minimum absolute atomic E-state index is 0.205. The minimum Gasteiger partial charge on any atom is -0.388 e. The molecule has 1 heterocycles. The number of fused-ring (bicyclic) bond motifs is 5. The zero-order valence-electron chi connectivity index (χ0n) is 30.4. The third-order valence-electron chi connectivity index (χ3n) is 13.5. The van der Waals surface area contributed by atoms with Gasteiger partial charge in [0.05, 0.1) is 51.8 Å². The lowest BCUT2D eigenvalue weighted by atomic mass is 9.47. The van der Waals surface area contributed by atoms with Gasteiger partial charge in [-0.25, -0.2) is 0 Å². The molecule has 5 aliphatic rings. The van der Waals surface area contributed by atoms with Crippen molar-refractivity contribution in [2.75, 3.05) is 39.6 Å². The molecule has 0 aromatic heterocycles. The van der Waals surface area contributed by atoms with Crippen molar-refractivity contribution in [2.24, 2.45) is 46.3 Å². The lowest BCUT2D eigenvalue weighted by Crippen LogP contribution is -2.57. The van der Waals surface area contributed by atoms with Crippen LogP contribution in [-0.2, 0) is 23.7 Å². The van der Waals surface area contributed by atoms with Gasteiger partial charge in [-0.2, -0.15) is 0 Å². The molecule has 1 aliphatic heterocycles. The van der Waals surface area contributed by atoms with E-state index < -0.39 is 30.7 Å². The fourth-order valence-electron chi connectivity index (χ4n) is 10.8. The Morgan fingerprint density at radius 1 is 0.809 bits per heavy atom. The van der Waals surface area contributed by atoms with Crippen molar-refractivity contribution >= 4 is 0 Å². The number of hydrogen-bond acceptors (Lipinski definition) is 8. The van der Waals surface area contributed by atoms with Crippen LogP contribution in [0.5, 0.6) is 0 Å². The van der Waals surface area contributed by atoms with Gasteiger partial charge in [-0.05, 0) is 105 Å². The molecule has 8 heteroatoms. The summed E-state index contributed by atoms with van der Waals surface area (Å²) in [5.41, 5.74) is 2.57. The highest BCUT2D eigenvalue weighted by Crippen LogP contribution is 2.67. The van der Waals surface area contributed by atoms with Gasteiger partial charge < -0.3 is 39.0 Å². The van der Waals surface area contributed by atoms with Crippen molar-refractivity contribution in [1.82, 2.24) is 0 Å². The summed E-state index contributed by atoms with van der Waals surface area (Å²) in [5, 5.41) is 29.7. The van der Waals surface area contributed by atoms with Crippen molar-refractivity contribution in [3.63, 3.8) is 0 Å². The highest BCUT2D eigenvalue weighted by Gasteiger charge is 2.59. The first kappa shape index (κ1) is 37.7. The van der Waals surface area contributed by atoms with Crippen LogP contribution in [0, 0.1) is 46.3 Å². The molecule has 0 aromatic rings. The molecule has 0 spiro atoms. The maximum absolute atomic E-state index is 10.0. The van der Waals surface area contributed by atoms with Gasteiger partial charge >= 0.3 is 0 Å². The third kappa shape index (κ3) is 8.49. The monoisotopic (exact) mass is 664 g/mol. The maximum Gasteiger partial charge on any atom is 0.186 e. The zero-order chi connectivity index (χ0) is 33.8. The molecule has 47 heavy (non-hydrogen) atoms. The molecule has 4 aliphatic carbocycles. The summed E-state index contributed by atoms with van der Waals surface area (Å²) < 4.78 is 28.6. The van der Waals surface area contributed by atoms with Crippen molar-refractivity contribution in [3.8, 4) is 0 Å². The molecule has 272 valence electrons. The predicted molar refractivity (Wildman–Crippen MR) is 183 cm³/mol. The zero-order valence-corrected chi connectivity index (χ0v) is 30.4. The first-order valence-corrected chi connectivity index (χ1v) is 19.2. The Bertz CT molecular complexity index is 1000. The van der Waals surface area contributed by atoms with Gasteiger partial charge in [0.25, 0.3) is 0 Å². The molecule has 0 bridgehead atoms. The minimum atomic E-state index is -1.30. The van der Waals surface area contributed by atoms with Gasteiger partial charge in [-0.1, -0.05) is 65.5 Å². The highest BCUT2D eigenvalue weighted by atomic mass is 16.7. The van der Waals surface area contributed by atoms with E-state index in [-0.39, 0.29) is 6.61 Å². The smallest absolute Gasteiger partial charge is 0.186 e. The second-order valence-corrected chi connectivity index (χ2v) is 16.8. The van der Waals surface area contributed by atoms with E-state index in [0.717, 1.165) is 48.3 Å². The molecule has 0 amide bonds. The Hall–Kier alpha value is -0.580. The summed E-state index contributed by atoms with van der Waals surface area (Å²) in [6.07, 6.45) is 12.3. The average molecular weight is 665 g/mol. The SMILES string of the molecule is CC(C)CCC[C@@H](C)[C@H]1CCC2C3CC=C4C[C@@H](OCCOCCOCCOC5O[C@@H](C)[C@H](O)[C@@H](O)[C@H]5O)CC[C@]4(C)C3CC[C@@]21C. The van der Waals surface area contributed by atoms with Crippen LogP contribution >= 0.6 is 0 Å². The Morgan fingerprint density at radius 3 is 2.23 bits per heavy atom. The average Bonchev–Trinajstić information content (AvgIpc) is 3.40. The summed E-state index contributed by atoms with van der Waals surface area (Å²) in [6, 6.07) is 0. The normalized spacial score (nSPS) is 42.5. The van der Waals surface area contributed by atoms with E-state index in [1.54, 1.807) is 12.5 Å². The first-order chi connectivity index (χ1) is 22.5. The van der Waals surface area contributed by atoms with Gasteiger partial charge in [0.1, 0.15) is 18.3 Å². The summed E-state index contributed by atoms with van der Waals surface area (Å²) >= 11 is 0. The lowest BCUT2D eigenvalue weighted by molar-refractivity contribution is -0.294.